The summed E-state index contributed by atoms with van der Waals surface area (Å²) >= 11 is 0. The lowest BCUT2D eigenvalue weighted by atomic mass is 9.69. The second kappa shape index (κ2) is 7.13. The molecule has 0 saturated heterocycles. The van der Waals surface area contributed by atoms with Crippen LogP contribution < -0.4 is 0 Å². The quantitative estimate of drug-likeness (QED) is 0.612. The Bertz CT molecular complexity index is 1120. The van der Waals surface area contributed by atoms with Crippen LogP contribution in [-0.2, 0) is 27.9 Å². The fourth-order valence-electron chi connectivity index (χ4n) is 5.13. The first-order valence-electron chi connectivity index (χ1n) is 10.4. The molecular formula is C26H23NO3. The van der Waals surface area contributed by atoms with E-state index in [4.69, 9.17) is 4.74 Å². The van der Waals surface area contributed by atoms with Crippen molar-refractivity contribution < 1.29 is 14.3 Å². The van der Waals surface area contributed by atoms with Gasteiger partial charge in [0, 0.05) is 12.1 Å². The monoisotopic (exact) mass is 397 g/mol. The molecule has 0 bridgehead atoms. The second-order valence-electron chi connectivity index (χ2n) is 7.93. The van der Waals surface area contributed by atoms with Crippen LogP contribution in [0, 0.1) is 0 Å². The van der Waals surface area contributed by atoms with Crippen molar-refractivity contribution in [3.8, 4) is 0 Å². The third-order valence-electron chi connectivity index (χ3n) is 6.33. The molecule has 0 spiro atoms. The number of ether oxygens (including phenoxy) is 1. The van der Waals surface area contributed by atoms with Crippen LogP contribution in [0.1, 0.15) is 45.6 Å². The van der Waals surface area contributed by atoms with Crippen LogP contribution >= 0.6 is 0 Å². The molecule has 1 amide bonds. The summed E-state index contributed by atoms with van der Waals surface area (Å²) in [4.78, 5) is 29.1. The summed E-state index contributed by atoms with van der Waals surface area (Å²) in [5.41, 5.74) is 3.60. The van der Waals surface area contributed by atoms with Gasteiger partial charge >= 0.3 is 5.97 Å². The first-order chi connectivity index (χ1) is 14.7. The van der Waals surface area contributed by atoms with Gasteiger partial charge in [-0.1, -0.05) is 72.8 Å². The smallest absolute Gasteiger partial charge is 0.319 e. The molecule has 150 valence electrons. The molecular weight excluding hydrogens is 374 g/mol. The number of rotatable bonds is 4. The van der Waals surface area contributed by atoms with Crippen molar-refractivity contribution in [1.82, 2.24) is 4.90 Å². The molecule has 1 heterocycles. The average Bonchev–Trinajstić information content (AvgIpc) is 3.14. The first kappa shape index (κ1) is 18.6. The Morgan fingerprint density at radius 2 is 1.70 bits per heavy atom. The highest BCUT2D eigenvalue weighted by Crippen LogP contribution is 2.55. The molecule has 2 atom stereocenters. The molecule has 0 radical (unpaired) electrons. The van der Waals surface area contributed by atoms with Gasteiger partial charge in [-0.05, 0) is 41.7 Å². The van der Waals surface area contributed by atoms with Gasteiger partial charge in [-0.15, -0.1) is 0 Å². The molecule has 3 aromatic rings. The Morgan fingerprint density at radius 3 is 2.50 bits per heavy atom. The molecule has 1 aliphatic carbocycles. The van der Waals surface area contributed by atoms with E-state index in [0.29, 0.717) is 25.1 Å². The van der Waals surface area contributed by atoms with Crippen LogP contribution in [-0.4, -0.2) is 23.4 Å². The maximum absolute atomic E-state index is 13.7. The van der Waals surface area contributed by atoms with E-state index in [1.165, 1.54) is 0 Å². The number of hydrogen-bond acceptors (Lipinski definition) is 3. The van der Waals surface area contributed by atoms with Gasteiger partial charge in [0.25, 0.3) is 5.91 Å². The highest BCUT2D eigenvalue weighted by atomic mass is 16.5. The van der Waals surface area contributed by atoms with Crippen molar-refractivity contribution in [3.63, 3.8) is 0 Å². The molecule has 30 heavy (non-hydrogen) atoms. The number of fused-ring (bicyclic) bond motifs is 5. The third-order valence-corrected chi connectivity index (χ3v) is 6.33. The maximum Gasteiger partial charge on any atom is 0.319 e. The normalized spacial score (nSPS) is 21.6. The summed E-state index contributed by atoms with van der Waals surface area (Å²) in [5.74, 6) is -0.305. The van der Waals surface area contributed by atoms with E-state index in [2.05, 4.69) is 6.07 Å². The van der Waals surface area contributed by atoms with Crippen molar-refractivity contribution in [3.05, 3.63) is 107 Å². The van der Waals surface area contributed by atoms with Gasteiger partial charge in [0.05, 0.1) is 12.6 Å². The molecule has 0 fully saturated rings. The fourth-order valence-corrected chi connectivity index (χ4v) is 5.13. The molecule has 4 heteroatoms. The standard InChI is InChI=1S/C26H23NO3/c1-2-30-25(29)26-16-19-12-6-7-13-20(19)23(26)27(17-18-10-4-3-5-11-18)24(28)21-14-8-9-15-22(21)26/h3-15,23H,2,16-17H2,1H3/t23?,26-/m0/s1. The van der Waals surface area contributed by atoms with Crippen LogP contribution in [0.2, 0.25) is 0 Å². The van der Waals surface area contributed by atoms with Gasteiger partial charge in [0.1, 0.15) is 5.41 Å². The maximum atomic E-state index is 13.7. The minimum absolute atomic E-state index is 0.0453. The van der Waals surface area contributed by atoms with E-state index in [9.17, 15) is 9.59 Å². The molecule has 1 aliphatic heterocycles. The first-order valence-corrected chi connectivity index (χ1v) is 10.4. The summed E-state index contributed by atoms with van der Waals surface area (Å²) in [6, 6.07) is 25.1. The lowest BCUT2D eigenvalue weighted by Gasteiger charge is -2.45. The molecule has 2 aliphatic rings. The van der Waals surface area contributed by atoms with E-state index in [1.54, 1.807) is 0 Å². The number of carbonyl (C=O) groups is 2. The van der Waals surface area contributed by atoms with Crippen molar-refractivity contribution in [2.45, 2.75) is 31.3 Å². The molecule has 3 aromatic carbocycles. The fraction of sp³-hybridized carbons (Fsp3) is 0.231. The lowest BCUT2D eigenvalue weighted by molar-refractivity contribution is -0.153. The Hall–Kier alpha value is -3.40. The Balaban J connectivity index is 1.76. The van der Waals surface area contributed by atoms with E-state index >= 15 is 0 Å². The topological polar surface area (TPSA) is 46.6 Å². The number of nitrogens with zero attached hydrogens (tertiary/aromatic N) is 1. The van der Waals surface area contributed by atoms with Crippen molar-refractivity contribution in [2.75, 3.05) is 6.61 Å². The van der Waals surface area contributed by atoms with Crippen LogP contribution in [0.3, 0.4) is 0 Å². The van der Waals surface area contributed by atoms with E-state index < -0.39 is 11.5 Å². The van der Waals surface area contributed by atoms with Crippen LogP contribution in [0.15, 0.2) is 78.9 Å². The average molecular weight is 397 g/mol. The largest absolute Gasteiger partial charge is 0.465 e. The van der Waals surface area contributed by atoms with Gasteiger partial charge in [0.15, 0.2) is 0 Å². The van der Waals surface area contributed by atoms with E-state index in [1.807, 2.05) is 84.6 Å². The predicted octanol–water partition coefficient (Wildman–Crippen LogP) is 4.44. The van der Waals surface area contributed by atoms with Crippen LogP contribution in [0.25, 0.3) is 0 Å². The van der Waals surface area contributed by atoms with Gasteiger partial charge in [-0.3, -0.25) is 9.59 Å². The summed E-state index contributed by atoms with van der Waals surface area (Å²) in [7, 11) is 0. The zero-order valence-electron chi connectivity index (χ0n) is 16.9. The number of hydrogen-bond donors (Lipinski definition) is 0. The summed E-state index contributed by atoms with van der Waals surface area (Å²) < 4.78 is 5.63. The van der Waals surface area contributed by atoms with Gasteiger partial charge in [-0.2, -0.15) is 0 Å². The van der Waals surface area contributed by atoms with E-state index in [0.717, 1.165) is 22.3 Å². The SMILES string of the molecule is CCOC(=O)[C@]12Cc3ccccc3C1N(Cc1ccccc1)C(=O)c1ccccc12. The summed E-state index contributed by atoms with van der Waals surface area (Å²) in [6.07, 6.45) is 0.530. The zero-order valence-corrected chi connectivity index (χ0v) is 16.9. The summed E-state index contributed by atoms with van der Waals surface area (Å²) in [5, 5.41) is 0. The predicted molar refractivity (Wildman–Crippen MR) is 114 cm³/mol. The Morgan fingerprint density at radius 1 is 1.00 bits per heavy atom. The highest BCUT2D eigenvalue weighted by Gasteiger charge is 2.60. The highest BCUT2D eigenvalue weighted by molar-refractivity contribution is 6.03. The summed E-state index contributed by atoms with van der Waals surface area (Å²) in [6.45, 7) is 2.57. The Labute approximate surface area is 176 Å². The lowest BCUT2D eigenvalue weighted by Crippen LogP contribution is -2.54. The van der Waals surface area contributed by atoms with Crippen LogP contribution in [0.4, 0.5) is 0 Å². The van der Waals surface area contributed by atoms with Crippen LogP contribution in [0.5, 0.6) is 0 Å². The van der Waals surface area contributed by atoms with Gasteiger partial charge < -0.3 is 9.64 Å². The van der Waals surface area contributed by atoms with Crippen molar-refractivity contribution in [2.24, 2.45) is 0 Å². The second-order valence-corrected chi connectivity index (χ2v) is 7.93. The minimum atomic E-state index is -0.932. The van der Waals surface area contributed by atoms with E-state index in [-0.39, 0.29) is 11.9 Å². The zero-order chi connectivity index (χ0) is 20.7. The number of benzene rings is 3. The Kier molecular flexibility index (Phi) is 4.43. The van der Waals surface area contributed by atoms with Crippen molar-refractivity contribution in [1.29, 1.82) is 0 Å². The number of amides is 1. The molecule has 4 nitrogen and oxygen atoms in total. The molecule has 0 N–H and O–H groups in total. The number of carbonyl (C=O) groups excluding carboxylic acids is 2. The van der Waals surface area contributed by atoms with Crippen molar-refractivity contribution >= 4 is 11.9 Å². The molecule has 0 aromatic heterocycles. The molecule has 0 saturated carbocycles. The minimum Gasteiger partial charge on any atom is -0.465 e. The van der Waals surface area contributed by atoms with Gasteiger partial charge in [-0.25, -0.2) is 0 Å². The number of esters is 1. The molecule has 5 rings (SSSR count). The third kappa shape index (κ3) is 2.60. The molecule has 1 unspecified atom stereocenters. The van der Waals surface area contributed by atoms with Gasteiger partial charge in [0.2, 0.25) is 0 Å².